The van der Waals surface area contributed by atoms with E-state index in [0.717, 1.165) is 29.3 Å². The number of rotatable bonds is 6. The molecule has 5 N–H and O–H groups in total. The smallest absolute Gasteiger partial charge is 0.354 e. The van der Waals surface area contributed by atoms with E-state index in [-0.39, 0.29) is 5.69 Å². The van der Waals surface area contributed by atoms with Gasteiger partial charge in [-0.2, -0.15) is 15.3 Å². The highest BCUT2D eigenvalue weighted by Crippen LogP contribution is 2.04. The zero-order chi connectivity index (χ0) is 25.3. The number of thiocarbonyl (C=S) groups is 1. The molecule has 0 aromatic carbocycles. The van der Waals surface area contributed by atoms with Crippen LogP contribution in [0, 0.1) is 20.8 Å². The van der Waals surface area contributed by atoms with Crippen molar-refractivity contribution < 1.29 is 14.7 Å². The van der Waals surface area contributed by atoms with Gasteiger partial charge < -0.3 is 16.6 Å². The lowest BCUT2D eigenvalue weighted by Gasteiger charge is -2.00. The minimum absolute atomic E-state index is 0.255. The van der Waals surface area contributed by atoms with Crippen LogP contribution in [-0.2, 0) is 19.6 Å². The number of carbonyl (C=O) groups excluding carboxylic acids is 1. The molecule has 1 amide bonds. The molecular weight excluding hydrogens is 444 g/mol. The molecule has 0 aliphatic rings. The number of carbonyl (C=O) groups is 2. The summed E-state index contributed by atoms with van der Waals surface area (Å²) in [7, 11) is 0. The van der Waals surface area contributed by atoms with Crippen molar-refractivity contribution >= 4 is 29.1 Å². The first kappa shape index (κ1) is 27.5. The fourth-order valence-corrected chi connectivity index (χ4v) is 3.09. The minimum Gasteiger partial charge on any atom is -0.477 e. The molecule has 3 aromatic heterocycles. The monoisotopic (exact) mass is 476 g/mol. The standard InChI is InChI=1S/C7H11N3O.C7H11N3S.C7H10N2O2/c2*1-3-10-6(7(8)11)4-5(2)9-10;1-3-9-6(7(10)11)4-5(2)8-9/h2*4H,3H2,1-2H3,(H2,8,11);4H,3H2,1-2H3,(H,10,11). The van der Waals surface area contributed by atoms with Crippen LogP contribution in [0.25, 0.3) is 0 Å². The van der Waals surface area contributed by atoms with Crippen LogP contribution in [0.4, 0.5) is 0 Å². The van der Waals surface area contributed by atoms with Gasteiger partial charge >= 0.3 is 5.97 Å². The van der Waals surface area contributed by atoms with E-state index in [0.29, 0.717) is 23.8 Å². The summed E-state index contributed by atoms with van der Waals surface area (Å²) in [5.41, 5.74) is 14.7. The number of aromatic carboxylic acids is 1. The number of hydrogen-bond donors (Lipinski definition) is 3. The largest absolute Gasteiger partial charge is 0.477 e. The van der Waals surface area contributed by atoms with Crippen molar-refractivity contribution in [2.75, 3.05) is 0 Å². The summed E-state index contributed by atoms with van der Waals surface area (Å²) in [5, 5.41) is 20.9. The lowest BCUT2D eigenvalue weighted by Crippen LogP contribution is -2.16. The van der Waals surface area contributed by atoms with Gasteiger partial charge in [-0.05, 0) is 59.7 Å². The Morgan fingerprint density at radius 3 is 1.36 bits per heavy atom. The van der Waals surface area contributed by atoms with E-state index in [1.165, 1.54) is 4.68 Å². The maximum atomic E-state index is 10.8. The van der Waals surface area contributed by atoms with E-state index in [2.05, 4.69) is 15.3 Å². The molecular formula is C21H32N8O3S. The molecule has 0 spiro atoms. The average Bonchev–Trinajstić information content (AvgIpc) is 3.44. The van der Waals surface area contributed by atoms with Crippen molar-refractivity contribution in [2.24, 2.45) is 11.5 Å². The number of nitrogens with two attached hydrogens (primary N) is 2. The molecule has 12 heteroatoms. The summed E-state index contributed by atoms with van der Waals surface area (Å²) in [6.07, 6.45) is 0. The molecule has 0 fully saturated rings. The van der Waals surface area contributed by atoms with Crippen LogP contribution in [-0.4, -0.2) is 51.3 Å². The molecule has 0 saturated heterocycles. The maximum Gasteiger partial charge on any atom is 0.354 e. The second kappa shape index (κ2) is 12.5. The number of hydrogen-bond acceptors (Lipinski definition) is 6. The van der Waals surface area contributed by atoms with Gasteiger partial charge in [0.15, 0.2) is 0 Å². The molecule has 0 bridgehead atoms. The number of aryl methyl sites for hydroxylation is 6. The SMILES string of the molecule is CCn1nc(C)cc1C(=O)O.CCn1nc(C)cc1C(N)=O.CCn1nc(C)cc1C(N)=S. The van der Waals surface area contributed by atoms with Crippen LogP contribution < -0.4 is 11.5 Å². The molecule has 3 aromatic rings. The topological polar surface area (TPSA) is 160 Å². The van der Waals surface area contributed by atoms with E-state index in [1.54, 1.807) is 28.4 Å². The summed E-state index contributed by atoms with van der Waals surface area (Å²) in [4.78, 5) is 21.7. The maximum absolute atomic E-state index is 10.8. The predicted octanol–water partition coefficient (Wildman–Crippen LogP) is 2.07. The van der Waals surface area contributed by atoms with Crippen molar-refractivity contribution in [3.63, 3.8) is 0 Å². The average molecular weight is 477 g/mol. The van der Waals surface area contributed by atoms with Crippen molar-refractivity contribution in [2.45, 2.75) is 61.2 Å². The van der Waals surface area contributed by atoms with Crippen molar-refractivity contribution in [1.82, 2.24) is 29.3 Å². The summed E-state index contributed by atoms with van der Waals surface area (Å²) >= 11 is 4.85. The zero-order valence-electron chi connectivity index (χ0n) is 19.9. The summed E-state index contributed by atoms with van der Waals surface area (Å²) in [6, 6.07) is 5.14. The third kappa shape index (κ3) is 7.83. The van der Waals surface area contributed by atoms with E-state index < -0.39 is 11.9 Å². The van der Waals surface area contributed by atoms with Crippen LogP contribution in [0.1, 0.15) is 64.5 Å². The lowest BCUT2D eigenvalue weighted by molar-refractivity contribution is 0.0683. The fourth-order valence-electron chi connectivity index (χ4n) is 2.93. The number of aromatic nitrogens is 6. The summed E-state index contributed by atoms with van der Waals surface area (Å²) in [6.45, 7) is 13.4. The predicted molar refractivity (Wildman–Crippen MR) is 129 cm³/mol. The third-order valence-electron chi connectivity index (χ3n) is 4.33. The van der Waals surface area contributed by atoms with Gasteiger partial charge in [0, 0.05) is 19.6 Å². The molecule has 3 heterocycles. The quantitative estimate of drug-likeness (QED) is 0.456. The highest BCUT2D eigenvalue weighted by Gasteiger charge is 2.10. The van der Waals surface area contributed by atoms with Crippen molar-refractivity contribution in [1.29, 1.82) is 0 Å². The first-order valence-electron chi connectivity index (χ1n) is 10.4. The molecule has 33 heavy (non-hydrogen) atoms. The van der Waals surface area contributed by atoms with Crippen LogP contribution in [0.2, 0.25) is 0 Å². The third-order valence-corrected chi connectivity index (χ3v) is 4.54. The van der Waals surface area contributed by atoms with Gasteiger partial charge in [-0.1, -0.05) is 12.2 Å². The van der Waals surface area contributed by atoms with Gasteiger partial charge in [-0.15, -0.1) is 0 Å². The second-order valence-corrected chi connectivity index (χ2v) is 7.43. The van der Waals surface area contributed by atoms with Crippen LogP contribution >= 0.6 is 12.2 Å². The number of nitrogens with zero attached hydrogens (tertiary/aromatic N) is 6. The lowest BCUT2D eigenvalue weighted by atomic mass is 10.3. The van der Waals surface area contributed by atoms with Gasteiger partial charge in [-0.3, -0.25) is 18.8 Å². The molecule has 0 radical (unpaired) electrons. The first-order chi connectivity index (χ1) is 15.4. The number of carboxylic acids is 1. The van der Waals surface area contributed by atoms with Gasteiger partial charge in [0.2, 0.25) is 0 Å². The highest BCUT2D eigenvalue weighted by atomic mass is 32.1. The Morgan fingerprint density at radius 1 is 0.788 bits per heavy atom. The summed E-state index contributed by atoms with van der Waals surface area (Å²) in [5.74, 6) is -1.35. The minimum atomic E-state index is -0.924. The number of primary amides is 1. The molecule has 0 atom stereocenters. The van der Waals surface area contributed by atoms with Crippen LogP contribution in [0.3, 0.4) is 0 Å². The molecule has 3 rings (SSSR count). The Hall–Kier alpha value is -3.54. The van der Waals surface area contributed by atoms with E-state index in [1.807, 2.05) is 40.7 Å². The molecule has 0 aliphatic carbocycles. The summed E-state index contributed by atoms with van der Waals surface area (Å²) < 4.78 is 4.87. The van der Waals surface area contributed by atoms with Gasteiger partial charge in [0.05, 0.1) is 22.8 Å². The molecule has 0 saturated carbocycles. The second-order valence-electron chi connectivity index (χ2n) is 6.99. The Labute approximate surface area is 198 Å². The Balaban J connectivity index is 0.000000247. The number of amides is 1. The normalized spacial score (nSPS) is 10.0. The molecule has 0 aliphatic heterocycles. The Bertz CT molecular complexity index is 975. The highest BCUT2D eigenvalue weighted by molar-refractivity contribution is 7.80. The first-order valence-corrected chi connectivity index (χ1v) is 10.8. The van der Waals surface area contributed by atoms with E-state index in [4.69, 9.17) is 28.8 Å². The van der Waals surface area contributed by atoms with E-state index in [9.17, 15) is 9.59 Å². The van der Waals surface area contributed by atoms with Gasteiger partial charge in [0.25, 0.3) is 5.91 Å². The molecule has 0 unspecified atom stereocenters. The van der Waals surface area contributed by atoms with Crippen LogP contribution in [0.5, 0.6) is 0 Å². The zero-order valence-corrected chi connectivity index (χ0v) is 20.7. The van der Waals surface area contributed by atoms with E-state index >= 15 is 0 Å². The van der Waals surface area contributed by atoms with Gasteiger partial charge in [-0.25, -0.2) is 4.79 Å². The Morgan fingerprint density at radius 2 is 1.12 bits per heavy atom. The molecule has 180 valence electrons. The van der Waals surface area contributed by atoms with Crippen molar-refractivity contribution in [3.05, 3.63) is 52.4 Å². The fraction of sp³-hybridized carbons (Fsp3) is 0.429. The van der Waals surface area contributed by atoms with Gasteiger partial charge in [0.1, 0.15) is 16.4 Å². The number of carboxylic acid groups (broad SMARTS) is 1. The van der Waals surface area contributed by atoms with Crippen LogP contribution in [0.15, 0.2) is 18.2 Å². The van der Waals surface area contributed by atoms with Crippen molar-refractivity contribution in [3.8, 4) is 0 Å². The molecule has 11 nitrogen and oxygen atoms in total. The Kier molecular flexibility index (Phi) is 10.4.